The molecule has 0 saturated heterocycles. The number of rotatable bonds is 2. The maximum absolute atomic E-state index is 10.4. The van der Waals surface area contributed by atoms with Gasteiger partial charge in [0.05, 0.1) is 0 Å². The molecule has 1 N–H and O–H groups in total. The lowest BCUT2D eigenvalue weighted by atomic mass is 10.0. The maximum Gasteiger partial charge on any atom is 0.161 e. The van der Waals surface area contributed by atoms with Gasteiger partial charge in [-0.2, -0.15) is 0 Å². The molecule has 1 unspecified atom stereocenters. The molecular formula is C15H13N3O. The summed E-state index contributed by atoms with van der Waals surface area (Å²) in [5.74, 6) is 0.392. The molecule has 1 atom stereocenters. The average molecular weight is 251 g/mol. The Morgan fingerprint density at radius 3 is 2.53 bits per heavy atom. The Kier molecular flexibility index (Phi) is 2.93. The van der Waals surface area contributed by atoms with Gasteiger partial charge < -0.3 is 5.11 Å². The maximum atomic E-state index is 10.4. The van der Waals surface area contributed by atoms with Crippen LogP contribution >= 0.6 is 0 Å². The van der Waals surface area contributed by atoms with Crippen LogP contribution in [0.25, 0.3) is 10.8 Å². The molecule has 2 aromatic heterocycles. The molecule has 2 heterocycles. The Morgan fingerprint density at radius 2 is 1.74 bits per heavy atom. The van der Waals surface area contributed by atoms with Gasteiger partial charge in [-0.1, -0.05) is 24.3 Å². The molecule has 0 amide bonds. The number of aromatic nitrogens is 3. The molecule has 0 aliphatic carbocycles. The van der Waals surface area contributed by atoms with Crippen LogP contribution in [0.2, 0.25) is 0 Å². The van der Waals surface area contributed by atoms with E-state index in [0.29, 0.717) is 5.82 Å². The van der Waals surface area contributed by atoms with E-state index in [9.17, 15) is 5.11 Å². The van der Waals surface area contributed by atoms with E-state index in [1.807, 2.05) is 31.2 Å². The third-order valence-electron chi connectivity index (χ3n) is 3.04. The molecule has 1 aromatic carbocycles. The molecule has 0 aliphatic rings. The monoisotopic (exact) mass is 251 g/mol. The topological polar surface area (TPSA) is 58.9 Å². The second kappa shape index (κ2) is 4.74. The van der Waals surface area contributed by atoms with Gasteiger partial charge in [0.15, 0.2) is 5.82 Å². The highest BCUT2D eigenvalue weighted by atomic mass is 16.3. The molecule has 0 fully saturated rings. The molecule has 0 spiro atoms. The largest absolute Gasteiger partial charge is 0.380 e. The number of nitrogens with zero attached hydrogens (tertiary/aromatic N) is 3. The number of hydrogen-bond acceptors (Lipinski definition) is 4. The van der Waals surface area contributed by atoms with Crippen LogP contribution in [0.5, 0.6) is 0 Å². The summed E-state index contributed by atoms with van der Waals surface area (Å²) in [5.41, 5.74) is 1.69. The minimum absolute atomic E-state index is 0.392. The molecule has 0 bridgehead atoms. The van der Waals surface area contributed by atoms with Crippen LogP contribution < -0.4 is 0 Å². The SMILES string of the molecule is Cc1cnc(C(O)c2cncc3ccccc23)nc1. The number of benzene rings is 1. The van der Waals surface area contributed by atoms with Crippen molar-refractivity contribution in [3.63, 3.8) is 0 Å². The Morgan fingerprint density at radius 1 is 1.00 bits per heavy atom. The molecule has 0 radical (unpaired) electrons. The van der Waals surface area contributed by atoms with E-state index in [1.165, 1.54) is 0 Å². The van der Waals surface area contributed by atoms with Crippen molar-refractivity contribution < 1.29 is 5.11 Å². The summed E-state index contributed by atoms with van der Waals surface area (Å²) < 4.78 is 0. The van der Waals surface area contributed by atoms with Gasteiger partial charge in [0.1, 0.15) is 6.10 Å². The molecule has 3 aromatic rings. The first kappa shape index (κ1) is 11.7. The van der Waals surface area contributed by atoms with Crippen molar-refractivity contribution in [3.05, 3.63) is 66.0 Å². The first-order chi connectivity index (χ1) is 9.25. The Hall–Kier alpha value is -2.33. The quantitative estimate of drug-likeness (QED) is 0.760. The molecule has 4 nitrogen and oxygen atoms in total. The first-order valence-corrected chi connectivity index (χ1v) is 6.05. The van der Waals surface area contributed by atoms with Gasteiger partial charge in [0.25, 0.3) is 0 Å². The normalized spacial score (nSPS) is 12.5. The van der Waals surface area contributed by atoms with E-state index < -0.39 is 6.10 Å². The zero-order valence-corrected chi connectivity index (χ0v) is 10.5. The van der Waals surface area contributed by atoms with Crippen molar-refractivity contribution in [3.8, 4) is 0 Å². The van der Waals surface area contributed by atoms with E-state index in [1.54, 1.807) is 24.8 Å². The highest BCUT2D eigenvalue weighted by molar-refractivity contribution is 5.85. The highest BCUT2D eigenvalue weighted by Gasteiger charge is 2.16. The van der Waals surface area contributed by atoms with E-state index in [0.717, 1.165) is 21.9 Å². The van der Waals surface area contributed by atoms with Gasteiger partial charge in [-0.25, -0.2) is 9.97 Å². The van der Waals surface area contributed by atoms with Crippen LogP contribution in [0.3, 0.4) is 0 Å². The van der Waals surface area contributed by atoms with Gasteiger partial charge in [0, 0.05) is 35.7 Å². The lowest BCUT2D eigenvalue weighted by Gasteiger charge is -2.12. The van der Waals surface area contributed by atoms with Crippen molar-refractivity contribution in [1.82, 2.24) is 15.0 Å². The fraction of sp³-hybridized carbons (Fsp3) is 0.133. The highest BCUT2D eigenvalue weighted by Crippen LogP contribution is 2.25. The van der Waals surface area contributed by atoms with Crippen molar-refractivity contribution in [2.75, 3.05) is 0 Å². The van der Waals surface area contributed by atoms with Crippen LogP contribution in [0.1, 0.15) is 23.1 Å². The molecule has 0 aliphatic heterocycles. The van der Waals surface area contributed by atoms with Crippen molar-refractivity contribution in [1.29, 1.82) is 0 Å². The smallest absolute Gasteiger partial charge is 0.161 e. The number of aliphatic hydroxyl groups excluding tert-OH is 1. The van der Waals surface area contributed by atoms with Gasteiger partial charge >= 0.3 is 0 Å². The zero-order valence-electron chi connectivity index (χ0n) is 10.5. The first-order valence-electron chi connectivity index (χ1n) is 6.05. The Labute approximate surface area is 110 Å². The zero-order chi connectivity index (χ0) is 13.2. The van der Waals surface area contributed by atoms with Crippen LogP contribution in [0.15, 0.2) is 49.1 Å². The number of fused-ring (bicyclic) bond motifs is 1. The van der Waals surface area contributed by atoms with Crippen molar-refractivity contribution in [2.24, 2.45) is 0 Å². The van der Waals surface area contributed by atoms with Gasteiger partial charge in [-0.3, -0.25) is 4.98 Å². The fourth-order valence-electron chi connectivity index (χ4n) is 2.04. The lowest BCUT2D eigenvalue weighted by Crippen LogP contribution is -2.06. The van der Waals surface area contributed by atoms with Gasteiger partial charge in [0.2, 0.25) is 0 Å². The summed E-state index contributed by atoms with van der Waals surface area (Å²) in [6, 6.07) is 7.81. The molecule has 3 rings (SSSR count). The third-order valence-corrected chi connectivity index (χ3v) is 3.04. The van der Waals surface area contributed by atoms with Crippen LogP contribution in [0.4, 0.5) is 0 Å². The van der Waals surface area contributed by atoms with Gasteiger partial charge in [-0.05, 0) is 17.9 Å². The van der Waals surface area contributed by atoms with E-state index in [4.69, 9.17) is 0 Å². The minimum atomic E-state index is -0.862. The Bertz CT molecular complexity index is 705. The summed E-state index contributed by atoms with van der Waals surface area (Å²) in [6.45, 7) is 1.91. The predicted molar refractivity (Wildman–Crippen MR) is 72.6 cm³/mol. The summed E-state index contributed by atoms with van der Waals surface area (Å²) in [4.78, 5) is 12.5. The van der Waals surface area contributed by atoms with Crippen LogP contribution in [0, 0.1) is 6.92 Å². The van der Waals surface area contributed by atoms with Crippen molar-refractivity contribution >= 4 is 10.8 Å². The average Bonchev–Trinajstić information content (AvgIpc) is 2.47. The fourth-order valence-corrected chi connectivity index (χ4v) is 2.04. The summed E-state index contributed by atoms with van der Waals surface area (Å²) >= 11 is 0. The lowest BCUT2D eigenvalue weighted by molar-refractivity contribution is 0.211. The number of hydrogen-bond donors (Lipinski definition) is 1. The third kappa shape index (κ3) is 2.18. The molecular weight excluding hydrogens is 238 g/mol. The summed E-state index contributed by atoms with van der Waals surface area (Å²) in [5, 5.41) is 12.4. The molecule has 0 saturated carbocycles. The van der Waals surface area contributed by atoms with Crippen LogP contribution in [-0.4, -0.2) is 20.1 Å². The second-order valence-corrected chi connectivity index (χ2v) is 4.47. The number of aliphatic hydroxyl groups is 1. The molecule has 94 valence electrons. The number of aryl methyl sites for hydroxylation is 1. The van der Waals surface area contributed by atoms with E-state index >= 15 is 0 Å². The minimum Gasteiger partial charge on any atom is -0.380 e. The van der Waals surface area contributed by atoms with E-state index in [2.05, 4.69) is 15.0 Å². The van der Waals surface area contributed by atoms with Gasteiger partial charge in [-0.15, -0.1) is 0 Å². The van der Waals surface area contributed by atoms with Crippen LogP contribution in [-0.2, 0) is 0 Å². The standard InChI is InChI=1S/C15H13N3O/c1-10-6-17-15(18-7-10)14(19)13-9-16-8-11-4-2-3-5-12(11)13/h2-9,14,19H,1H3. The van der Waals surface area contributed by atoms with E-state index in [-0.39, 0.29) is 0 Å². The number of pyridine rings is 1. The molecule has 19 heavy (non-hydrogen) atoms. The summed E-state index contributed by atoms with van der Waals surface area (Å²) in [7, 11) is 0. The Balaban J connectivity index is 2.11. The predicted octanol–water partition coefficient (Wildman–Crippen LogP) is 2.41. The van der Waals surface area contributed by atoms with Crippen molar-refractivity contribution in [2.45, 2.75) is 13.0 Å². The summed E-state index contributed by atoms with van der Waals surface area (Å²) in [6.07, 6.45) is 5.98. The second-order valence-electron chi connectivity index (χ2n) is 4.47. The molecule has 4 heteroatoms.